The first-order chi connectivity index (χ1) is 7.09. The van der Waals surface area contributed by atoms with Gasteiger partial charge in [0.2, 0.25) is 0 Å². The average molecular weight is 318 g/mol. The molecule has 15 heavy (non-hydrogen) atoms. The summed E-state index contributed by atoms with van der Waals surface area (Å²) in [5, 5.41) is 8.65. The van der Waals surface area contributed by atoms with Gasteiger partial charge in [0, 0.05) is 9.99 Å². The van der Waals surface area contributed by atoms with Gasteiger partial charge >= 0.3 is 5.97 Å². The van der Waals surface area contributed by atoms with Crippen molar-refractivity contribution in [3.63, 3.8) is 0 Å². The van der Waals surface area contributed by atoms with Gasteiger partial charge in [0.25, 0.3) is 5.78 Å². The Morgan fingerprint density at radius 2 is 2.13 bits per heavy atom. The van der Waals surface area contributed by atoms with Crippen LogP contribution in [-0.2, 0) is 11.2 Å². The minimum absolute atomic E-state index is 0.155. The van der Waals surface area contributed by atoms with Crippen LogP contribution in [0.15, 0.2) is 12.1 Å². The van der Waals surface area contributed by atoms with Gasteiger partial charge in [0.1, 0.15) is 5.75 Å². The SMILES string of the molecule is O=C(O)C(=O)c1cc(I)cc2c1OCC2. The Bertz CT molecular complexity index is 453. The predicted octanol–water partition coefficient (Wildman–Crippen LogP) is 1.49. The Balaban J connectivity index is 2.56. The van der Waals surface area contributed by atoms with Crippen LogP contribution >= 0.6 is 22.6 Å². The second-order valence-corrected chi connectivity index (χ2v) is 4.42. The number of carbonyl (C=O) groups excluding carboxylic acids is 1. The maximum absolute atomic E-state index is 11.4. The van der Waals surface area contributed by atoms with Gasteiger partial charge in [-0.15, -0.1) is 0 Å². The van der Waals surface area contributed by atoms with Gasteiger partial charge in [-0.05, 0) is 40.3 Å². The number of benzene rings is 1. The van der Waals surface area contributed by atoms with E-state index in [0.29, 0.717) is 12.4 Å². The monoisotopic (exact) mass is 318 g/mol. The summed E-state index contributed by atoms with van der Waals surface area (Å²) in [6, 6.07) is 3.45. The number of carbonyl (C=O) groups is 2. The molecule has 0 spiro atoms. The lowest BCUT2D eigenvalue weighted by molar-refractivity contribution is -0.131. The molecule has 0 bridgehead atoms. The Hall–Kier alpha value is -1.11. The van der Waals surface area contributed by atoms with Crippen LogP contribution in [0, 0.1) is 3.57 Å². The molecular formula is C10H7IO4. The standard InChI is InChI=1S/C10H7IO4/c11-6-3-5-1-2-15-9(5)7(4-6)8(12)10(13)14/h3-4H,1-2H2,(H,13,14). The molecule has 78 valence electrons. The third kappa shape index (κ3) is 1.83. The van der Waals surface area contributed by atoms with Crippen molar-refractivity contribution in [1.82, 2.24) is 0 Å². The Morgan fingerprint density at radius 3 is 2.80 bits per heavy atom. The van der Waals surface area contributed by atoms with E-state index in [1.807, 2.05) is 6.07 Å². The van der Waals surface area contributed by atoms with Crippen LogP contribution in [0.5, 0.6) is 5.75 Å². The van der Waals surface area contributed by atoms with Gasteiger partial charge in [-0.2, -0.15) is 0 Å². The summed E-state index contributed by atoms with van der Waals surface area (Å²) < 4.78 is 6.12. The molecule has 0 aliphatic carbocycles. The Morgan fingerprint density at radius 1 is 1.40 bits per heavy atom. The number of ether oxygens (including phenoxy) is 1. The topological polar surface area (TPSA) is 63.6 Å². The molecule has 0 aromatic heterocycles. The molecule has 0 saturated heterocycles. The number of Topliss-reactive ketones (excluding diaryl/α,β-unsaturated/α-hetero) is 1. The van der Waals surface area contributed by atoms with Crippen molar-refractivity contribution in [2.45, 2.75) is 6.42 Å². The largest absolute Gasteiger partial charge is 0.492 e. The van der Waals surface area contributed by atoms with Crippen molar-refractivity contribution in [3.05, 3.63) is 26.8 Å². The number of ketones is 1. The molecule has 0 radical (unpaired) electrons. The third-order valence-electron chi connectivity index (χ3n) is 2.19. The minimum atomic E-state index is -1.45. The fourth-order valence-electron chi connectivity index (χ4n) is 1.55. The highest BCUT2D eigenvalue weighted by Crippen LogP contribution is 2.31. The summed E-state index contributed by atoms with van der Waals surface area (Å²) in [6.45, 7) is 0.509. The summed E-state index contributed by atoms with van der Waals surface area (Å²) in [6.07, 6.45) is 0.728. The average Bonchev–Trinajstić information content (AvgIpc) is 2.62. The van der Waals surface area contributed by atoms with Crippen LogP contribution in [0.2, 0.25) is 0 Å². The van der Waals surface area contributed by atoms with Crippen molar-refractivity contribution in [3.8, 4) is 5.75 Å². The molecule has 0 saturated carbocycles. The summed E-state index contributed by atoms with van der Waals surface area (Å²) in [5.74, 6) is -1.93. The number of hydrogen-bond acceptors (Lipinski definition) is 3. The van der Waals surface area contributed by atoms with Gasteiger partial charge in [-0.1, -0.05) is 0 Å². The molecule has 1 aromatic carbocycles. The lowest BCUT2D eigenvalue weighted by Crippen LogP contribution is -2.14. The third-order valence-corrected chi connectivity index (χ3v) is 2.81. The van der Waals surface area contributed by atoms with E-state index in [-0.39, 0.29) is 5.56 Å². The fraction of sp³-hybridized carbons (Fsp3) is 0.200. The lowest BCUT2D eigenvalue weighted by atomic mass is 10.1. The predicted molar refractivity (Wildman–Crippen MR) is 60.3 cm³/mol. The van der Waals surface area contributed by atoms with E-state index in [9.17, 15) is 9.59 Å². The van der Waals surface area contributed by atoms with E-state index in [1.165, 1.54) is 0 Å². The second kappa shape index (κ2) is 3.80. The van der Waals surface area contributed by atoms with Crippen LogP contribution in [0.3, 0.4) is 0 Å². The van der Waals surface area contributed by atoms with E-state index in [0.717, 1.165) is 15.6 Å². The fourth-order valence-corrected chi connectivity index (χ4v) is 2.24. The Kier molecular flexibility index (Phi) is 2.64. The van der Waals surface area contributed by atoms with Crippen LogP contribution < -0.4 is 4.74 Å². The van der Waals surface area contributed by atoms with Gasteiger partial charge < -0.3 is 9.84 Å². The van der Waals surface area contributed by atoms with Crippen LogP contribution in [0.25, 0.3) is 0 Å². The maximum Gasteiger partial charge on any atom is 0.377 e. The van der Waals surface area contributed by atoms with Crippen LogP contribution in [0.1, 0.15) is 15.9 Å². The summed E-state index contributed by atoms with van der Waals surface area (Å²) in [4.78, 5) is 22.0. The molecule has 1 aromatic rings. The molecule has 1 N–H and O–H groups in total. The highest BCUT2D eigenvalue weighted by molar-refractivity contribution is 14.1. The quantitative estimate of drug-likeness (QED) is 0.510. The van der Waals surface area contributed by atoms with Gasteiger partial charge in [0.05, 0.1) is 12.2 Å². The number of fused-ring (bicyclic) bond motifs is 1. The normalized spacial score (nSPS) is 13.1. The number of carboxylic acid groups (broad SMARTS) is 1. The van der Waals surface area contributed by atoms with E-state index in [2.05, 4.69) is 22.6 Å². The van der Waals surface area contributed by atoms with Gasteiger partial charge in [-0.25, -0.2) is 4.79 Å². The van der Waals surface area contributed by atoms with E-state index < -0.39 is 11.8 Å². The number of carboxylic acids is 1. The lowest BCUT2D eigenvalue weighted by Gasteiger charge is -2.05. The number of halogens is 1. The van der Waals surface area contributed by atoms with E-state index in [4.69, 9.17) is 9.84 Å². The summed E-state index contributed by atoms with van der Waals surface area (Å²) in [7, 11) is 0. The molecular weight excluding hydrogens is 311 g/mol. The van der Waals surface area contributed by atoms with Crippen molar-refractivity contribution >= 4 is 34.3 Å². The molecule has 5 heteroatoms. The number of rotatable bonds is 2. The summed E-state index contributed by atoms with van der Waals surface area (Å²) >= 11 is 2.05. The van der Waals surface area contributed by atoms with Gasteiger partial charge in [0.15, 0.2) is 0 Å². The van der Waals surface area contributed by atoms with Crippen molar-refractivity contribution in [1.29, 1.82) is 0 Å². The Labute approximate surface area is 99.4 Å². The smallest absolute Gasteiger partial charge is 0.377 e. The zero-order valence-corrected chi connectivity index (χ0v) is 9.78. The zero-order chi connectivity index (χ0) is 11.0. The molecule has 0 unspecified atom stereocenters. The first-order valence-electron chi connectivity index (χ1n) is 4.32. The highest BCUT2D eigenvalue weighted by atomic mass is 127. The molecule has 2 rings (SSSR count). The molecule has 1 heterocycles. The number of hydrogen-bond donors (Lipinski definition) is 1. The van der Waals surface area contributed by atoms with Crippen molar-refractivity contribution in [2.24, 2.45) is 0 Å². The molecule has 1 aliphatic heterocycles. The molecule has 0 atom stereocenters. The summed E-state index contributed by atoms with van der Waals surface area (Å²) in [5.41, 5.74) is 1.06. The van der Waals surface area contributed by atoms with Gasteiger partial charge in [-0.3, -0.25) is 4.79 Å². The first-order valence-corrected chi connectivity index (χ1v) is 5.40. The van der Waals surface area contributed by atoms with Crippen LogP contribution in [0.4, 0.5) is 0 Å². The second-order valence-electron chi connectivity index (χ2n) is 3.17. The van der Waals surface area contributed by atoms with Crippen molar-refractivity contribution < 1.29 is 19.4 Å². The molecule has 1 aliphatic rings. The number of aliphatic carboxylic acids is 1. The minimum Gasteiger partial charge on any atom is -0.492 e. The zero-order valence-electron chi connectivity index (χ0n) is 7.62. The van der Waals surface area contributed by atoms with E-state index >= 15 is 0 Å². The van der Waals surface area contributed by atoms with Crippen LogP contribution in [-0.4, -0.2) is 23.5 Å². The highest BCUT2D eigenvalue weighted by Gasteiger charge is 2.25. The van der Waals surface area contributed by atoms with Crippen molar-refractivity contribution in [2.75, 3.05) is 6.61 Å². The molecule has 0 fully saturated rings. The first kappa shape index (κ1) is 10.4. The van der Waals surface area contributed by atoms with E-state index in [1.54, 1.807) is 6.07 Å². The maximum atomic E-state index is 11.4. The molecule has 0 amide bonds. The molecule has 4 nitrogen and oxygen atoms in total.